The summed E-state index contributed by atoms with van der Waals surface area (Å²) in [4.78, 5) is 124. The van der Waals surface area contributed by atoms with Crippen LogP contribution in [0.5, 0.6) is 23.0 Å². The Morgan fingerprint density at radius 1 is 0.279 bits per heavy atom. The van der Waals surface area contributed by atoms with Crippen LogP contribution in [-0.2, 0) is 89.7 Å². The maximum Gasteiger partial charge on any atom is 0.237 e. The van der Waals surface area contributed by atoms with E-state index in [4.69, 9.17) is 41.9 Å². The van der Waals surface area contributed by atoms with E-state index in [-0.39, 0.29) is 98.6 Å². The summed E-state index contributed by atoms with van der Waals surface area (Å²) in [5, 5.41) is 29.3. The van der Waals surface area contributed by atoms with Crippen LogP contribution in [0.3, 0.4) is 0 Å². The fraction of sp³-hybridized carbons (Fsp3) is 0.407. The summed E-state index contributed by atoms with van der Waals surface area (Å²) in [5.74, 6) is 0.387. The maximum atomic E-state index is 14.6. The van der Waals surface area contributed by atoms with Gasteiger partial charge in [-0.3, -0.25) is 38.4 Å². The highest BCUT2D eigenvalue weighted by atomic mass is 16.5. The first-order valence-electron chi connectivity index (χ1n) is 48.8. The third kappa shape index (κ3) is 29.4. The van der Waals surface area contributed by atoms with Gasteiger partial charge < -0.3 is 104 Å². The Balaban J connectivity index is 0.797. The topological polar surface area (TPSA) is 437 Å². The zero-order valence-corrected chi connectivity index (χ0v) is 79.1. The minimum absolute atomic E-state index is 0.166. The lowest BCUT2D eigenvalue weighted by Gasteiger charge is -2.25. The zero-order valence-electron chi connectivity index (χ0n) is 79.1. The van der Waals surface area contributed by atoms with E-state index in [0.717, 1.165) is 65.9 Å². The van der Waals surface area contributed by atoms with E-state index in [9.17, 15) is 38.4 Å². The van der Waals surface area contributed by atoms with Gasteiger partial charge in [-0.05, 0) is 268 Å². The molecule has 0 saturated heterocycles. The first-order chi connectivity index (χ1) is 66.1. The van der Waals surface area contributed by atoms with Crippen molar-refractivity contribution >= 4 is 114 Å². The lowest BCUT2D eigenvalue weighted by Crippen LogP contribution is -2.42. The number of carbonyl (C=O) groups excluding carboxylic acids is 8. The van der Waals surface area contributed by atoms with E-state index in [0.29, 0.717) is 271 Å². The SMILES string of the molecule is CCCOc1c2cc(NC(=O)CCCCCNC(=O)[C@@H](N)Cc3ccc4[nH]ccc4c3)cc1Cc1cc(NC(=O)CCCCCNC(=O)[C@@H](N)Cc3ccc4[nH]ccc4c3)cc(c1OCCC)Cc1cc(NC(=O)CCCCCNC(=O)[C@@H](N)Cc3ccc4[nH]ccc4c3)cc(c1OCCC)Cc1cc(NC(=O)CCCCCNC(=O)[C@@H](N)Cc3ccc4[nH]ccc4c3)cc(c1OCCC)C2. The Kier molecular flexibility index (Phi) is 37.5. The molecule has 720 valence electrons. The molecule has 20 N–H and O–H groups in total. The average Bonchev–Trinajstić information content (AvgIpc) is 0.991. The van der Waals surface area contributed by atoms with Crippen LogP contribution in [0.4, 0.5) is 22.7 Å². The van der Waals surface area contributed by atoms with Crippen LogP contribution in [-0.4, -0.2) is 144 Å². The number of amides is 8. The number of rotatable bonds is 52. The molecule has 4 atom stereocenters. The van der Waals surface area contributed by atoms with Gasteiger partial charge in [0, 0.05) is 192 Å². The Labute approximate surface area is 796 Å². The first-order valence-corrected chi connectivity index (χ1v) is 48.8. The van der Waals surface area contributed by atoms with Gasteiger partial charge in [0.1, 0.15) is 23.0 Å². The van der Waals surface area contributed by atoms with Crippen molar-refractivity contribution in [2.45, 2.75) is 232 Å². The molecule has 28 heteroatoms. The molecule has 12 aromatic rings. The molecule has 28 nitrogen and oxygen atoms in total. The summed E-state index contributed by atoms with van der Waals surface area (Å²) in [7, 11) is 0. The van der Waals surface area contributed by atoms with Gasteiger partial charge in [-0.15, -0.1) is 0 Å². The maximum absolute atomic E-state index is 14.6. The van der Waals surface area contributed by atoms with E-state index in [1.807, 2.05) is 198 Å². The summed E-state index contributed by atoms with van der Waals surface area (Å²) < 4.78 is 28.2. The van der Waals surface area contributed by atoms with E-state index >= 15 is 0 Å². The number of nitrogens with one attached hydrogen (secondary N) is 12. The minimum atomic E-state index is -0.738. The van der Waals surface area contributed by atoms with Crippen LogP contribution in [0.2, 0.25) is 0 Å². The smallest absolute Gasteiger partial charge is 0.237 e. The molecule has 0 spiro atoms. The van der Waals surface area contributed by atoms with Crippen molar-refractivity contribution in [3.05, 3.63) is 237 Å². The molecule has 1 aliphatic rings. The zero-order chi connectivity index (χ0) is 95.7. The molecular formula is C108H136N16O12. The molecule has 8 aromatic carbocycles. The lowest BCUT2D eigenvalue weighted by atomic mass is 9.90. The summed E-state index contributed by atoms with van der Waals surface area (Å²) in [6.07, 6.45) is 20.2. The van der Waals surface area contributed by atoms with Crippen LogP contribution < -0.4 is 84.4 Å². The van der Waals surface area contributed by atoms with Crippen LogP contribution in [0.1, 0.15) is 223 Å². The number of aromatic amines is 4. The average molecular weight is 1850 g/mol. The Bertz CT molecular complexity index is 5250. The van der Waals surface area contributed by atoms with Gasteiger partial charge in [-0.1, -0.05) is 77.6 Å². The van der Waals surface area contributed by atoms with Crippen molar-refractivity contribution in [1.82, 2.24) is 41.2 Å². The number of H-pyrrole nitrogens is 4. The van der Waals surface area contributed by atoms with Gasteiger partial charge >= 0.3 is 0 Å². The molecule has 8 amide bonds. The molecule has 8 bridgehead atoms. The van der Waals surface area contributed by atoms with Crippen LogP contribution in [0.25, 0.3) is 43.6 Å². The molecule has 136 heavy (non-hydrogen) atoms. The number of anilines is 4. The Hall–Kier alpha value is -13.3. The molecule has 4 heterocycles. The Morgan fingerprint density at radius 2 is 0.485 bits per heavy atom. The number of ether oxygens (including phenoxy) is 4. The number of benzene rings is 8. The lowest BCUT2D eigenvalue weighted by molar-refractivity contribution is -0.123. The normalized spacial score (nSPS) is 12.8. The third-order valence-electron chi connectivity index (χ3n) is 24.6. The highest BCUT2D eigenvalue weighted by Crippen LogP contribution is 2.44. The number of hydrogen-bond acceptors (Lipinski definition) is 16. The summed E-state index contributed by atoms with van der Waals surface area (Å²) in [6.45, 7) is 11.0. The number of hydrogen-bond donors (Lipinski definition) is 16. The second-order valence-corrected chi connectivity index (χ2v) is 36.0. The number of aromatic nitrogens is 4. The highest BCUT2D eigenvalue weighted by Gasteiger charge is 2.28. The van der Waals surface area contributed by atoms with Gasteiger partial charge in [0.05, 0.1) is 50.6 Å². The van der Waals surface area contributed by atoms with Crippen molar-refractivity contribution in [1.29, 1.82) is 0 Å². The van der Waals surface area contributed by atoms with Gasteiger partial charge in [0.15, 0.2) is 0 Å². The van der Waals surface area contributed by atoms with Crippen molar-refractivity contribution in [3.8, 4) is 23.0 Å². The molecule has 4 aromatic heterocycles. The molecule has 0 radical (unpaired) electrons. The van der Waals surface area contributed by atoms with E-state index in [1.165, 1.54) is 0 Å². The van der Waals surface area contributed by atoms with Gasteiger partial charge in [-0.2, -0.15) is 0 Å². The fourth-order valence-corrected chi connectivity index (χ4v) is 17.7. The van der Waals surface area contributed by atoms with E-state index < -0.39 is 24.2 Å². The van der Waals surface area contributed by atoms with E-state index in [1.54, 1.807) is 0 Å². The molecule has 1 aliphatic carbocycles. The van der Waals surface area contributed by atoms with Gasteiger partial charge in [-0.25, -0.2) is 0 Å². The van der Waals surface area contributed by atoms with Gasteiger partial charge in [0.25, 0.3) is 0 Å². The molecule has 13 rings (SSSR count). The van der Waals surface area contributed by atoms with Crippen molar-refractivity contribution in [2.75, 3.05) is 73.9 Å². The number of carbonyl (C=O) groups is 8. The van der Waals surface area contributed by atoms with Gasteiger partial charge in [0.2, 0.25) is 47.3 Å². The second kappa shape index (κ2) is 50.9. The van der Waals surface area contributed by atoms with E-state index in [2.05, 4.69) is 62.5 Å². The largest absolute Gasteiger partial charge is 0.493 e. The van der Waals surface area contributed by atoms with Crippen molar-refractivity contribution < 1.29 is 57.3 Å². The quantitative estimate of drug-likeness (QED) is 0.0157. The van der Waals surface area contributed by atoms with Crippen LogP contribution >= 0.6 is 0 Å². The second-order valence-electron chi connectivity index (χ2n) is 36.0. The summed E-state index contributed by atoms with van der Waals surface area (Å²) >= 11 is 0. The predicted octanol–water partition coefficient (Wildman–Crippen LogP) is 16.2. The molecular weight excluding hydrogens is 1710 g/mol. The molecule has 0 fully saturated rings. The standard InChI is InChI=1S/C108H136N16O12/c1-5-45-133-101-77-57-79-63-86(122-98(126)22-14-10-18-38-118-106(130)90(110)54-70-26-30-94-74(50-70)34-42-114-94)65-81(102(79)134-46-6-2)59-83-67-88(124-100(128)24-16-12-20-40-120-108(132)92(112)56-72-28-32-96-76(52-72)36-44-116-96)68-84(104(83)136-48-8-4)60-82-66-87(123-99(127)23-15-11-19-39-119-107(131)91(111)55-71-27-31-95-75(51-71)35-43-115-95)64-80(103(82)135-47-7-3)58-78(101)62-85(61-77)121-97(125)21-13-9-17-37-117-105(129)89(109)53-69-25-29-93-73(49-69)33-41-113-93/h25-36,41-44,49-52,61-68,89-92,113-116H,5-24,37-40,45-48,53-60,109-112H2,1-4H3,(H,117,129)(H,118,130)(H,119,131)(H,120,132)(H,121,125)(H,122,126)(H,123,127)(H,124,128)/t89-,90-,91-,92-/m0/s1. The summed E-state index contributed by atoms with van der Waals surface area (Å²) in [6, 6.07) is 44.5. The minimum Gasteiger partial charge on any atom is -0.493 e. The monoisotopic (exact) mass is 1850 g/mol. The fourth-order valence-electron chi connectivity index (χ4n) is 17.7. The van der Waals surface area contributed by atoms with Crippen LogP contribution in [0.15, 0.2) is 170 Å². The van der Waals surface area contributed by atoms with Crippen molar-refractivity contribution in [3.63, 3.8) is 0 Å². The van der Waals surface area contributed by atoms with Crippen molar-refractivity contribution in [2.24, 2.45) is 22.9 Å². The number of nitrogens with two attached hydrogens (primary N) is 4. The third-order valence-corrected chi connectivity index (χ3v) is 24.6. The number of unbranched alkanes of at least 4 members (excludes halogenated alkanes) is 8. The summed E-state index contributed by atoms with van der Waals surface area (Å²) in [5.41, 5.74) is 41.2. The molecule has 0 saturated carbocycles. The Morgan fingerprint density at radius 3 is 0.684 bits per heavy atom. The van der Waals surface area contributed by atoms with Crippen LogP contribution in [0, 0.1) is 0 Å². The molecule has 0 unspecified atom stereocenters. The first kappa shape index (κ1) is 100. The highest BCUT2D eigenvalue weighted by molar-refractivity contribution is 5.95. The molecule has 0 aliphatic heterocycles. The predicted molar refractivity (Wildman–Crippen MR) is 540 cm³/mol. The number of fused-ring (bicyclic) bond motifs is 12.